The number of aryl methyl sites for hydroxylation is 1. The van der Waals surface area contributed by atoms with Gasteiger partial charge in [-0.3, -0.25) is 4.79 Å². The number of carboxylic acid groups (broad SMARTS) is 1. The van der Waals surface area contributed by atoms with Crippen LogP contribution in [-0.2, 0) is 9.59 Å². The maximum Gasteiger partial charge on any atom is 0.326 e. The summed E-state index contributed by atoms with van der Waals surface area (Å²) in [5, 5.41) is 9.02. The normalized spacial score (nSPS) is 18.4. The molecule has 19 heavy (non-hydrogen) atoms. The summed E-state index contributed by atoms with van der Waals surface area (Å²) in [6, 6.07) is 6.71. The second-order valence-corrected chi connectivity index (χ2v) is 4.69. The smallest absolute Gasteiger partial charge is 0.326 e. The summed E-state index contributed by atoms with van der Waals surface area (Å²) in [6.07, 6.45) is 1.25. The Morgan fingerprint density at radius 1 is 1.47 bits per heavy atom. The quantitative estimate of drug-likeness (QED) is 0.892. The van der Waals surface area contributed by atoms with E-state index in [4.69, 9.17) is 9.84 Å². The molecule has 1 aliphatic heterocycles. The molecule has 1 aromatic rings. The lowest BCUT2D eigenvalue weighted by molar-refractivity contribution is -0.148. The Labute approximate surface area is 111 Å². The van der Waals surface area contributed by atoms with E-state index in [0.29, 0.717) is 18.7 Å². The minimum absolute atomic E-state index is 0.118. The van der Waals surface area contributed by atoms with Gasteiger partial charge in [0.2, 0.25) is 0 Å². The zero-order valence-electron chi connectivity index (χ0n) is 10.8. The van der Waals surface area contributed by atoms with Gasteiger partial charge in [-0.15, -0.1) is 0 Å². The molecule has 2 rings (SSSR count). The van der Waals surface area contributed by atoms with Crippen LogP contribution in [0, 0.1) is 6.92 Å². The minimum atomic E-state index is -0.943. The fraction of sp³-hybridized carbons (Fsp3) is 0.429. The summed E-state index contributed by atoms with van der Waals surface area (Å²) in [7, 11) is 0. The van der Waals surface area contributed by atoms with Gasteiger partial charge in [0, 0.05) is 6.54 Å². The molecule has 102 valence electrons. The fourth-order valence-corrected chi connectivity index (χ4v) is 2.26. The van der Waals surface area contributed by atoms with Gasteiger partial charge in [-0.05, 0) is 37.5 Å². The van der Waals surface area contributed by atoms with Crippen LogP contribution in [0.1, 0.15) is 18.4 Å². The highest BCUT2D eigenvalue weighted by Gasteiger charge is 2.33. The van der Waals surface area contributed by atoms with E-state index in [0.717, 1.165) is 12.0 Å². The molecule has 0 radical (unpaired) electrons. The third-order valence-electron chi connectivity index (χ3n) is 3.21. The number of carbonyl (C=O) groups excluding carboxylic acids is 1. The van der Waals surface area contributed by atoms with E-state index in [1.165, 1.54) is 4.90 Å². The van der Waals surface area contributed by atoms with Gasteiger partial charge in [0.25, 0.3) is 5.91 Å². The molecule has 0 aliphatic carbocycles. The van der Waals surface area contributed by atoms with Gasteiger partial charge in [0.1, 0.15) is 11.8 Å². The van der Waals surface area contributed by atoms with Gasteiger partial charge >= 0.3 is 5.97 Å². The first kappa shape index (κ1) is 13.4. The van der Waals surface area contributed by atoms with Crippen LogP contribution in [0.3, 0.4) is 0 Å². The molecule has 0 bridgehead atoms. The predicted molar refractivity (Wildman–Crippen MR) is 69.0 cm³/mol. The molecule has 1 unspecified atom stereocenters. The number of hydrogen-bond acceptors (Lipinski definition) is 3. The van der Waals surface area contributed by atoms with Gasteiger partial charge in [-0.2, -0.15) is 0 Å². The molecule has 1 N–H and O–H groups in total. The third kappa shape index (κ3) is 3.24. The molecule has 1 aliphatic rings. The first-order valence-corrected chi connectivity index (χ1v) is 6.29. The van der Waals surface area contributed by atoms with Crippen LogP contribution >= 0.6 is 0 Å². The lowest BCUT2D eigenvalue weighted by atomic mass is 10.2. The van der Waals surface area contributed by atoms with Crippen LogP contribution in [0.15, 0.2) is 24.3 Å². The zero-order valence-corrected chi connectivity index (χ0v) is 10.8. The Hall–Kier alpha value is -2.04. The van der Waals surface area contributed by atoms with E-state index in [-0.39, 0.29) is 12.5 Å². The molecule has 1 atom stereocenters. The van der Waals surface area contributed by atoms with Crippen LogP contribution in [0.25, 0.3) is 0 Å². The molecular weight excluding hydrogens is 246 g/mol. The minimum Gasteiger partial charge on any atom is -0.484 e. The summed E-state index contributed by atoms with van der Waals surface area (Å²) in [6.45, 7) is 2.32. The summed E-state index contributed by atoms with van der Waals surface area (Å²) in [5.74, 6) is -0.591. The maximum atomic E-state index is 12.0. The lowest BCUT2D eigenvalue weighted by Crippen LogP contribution is -2.42. The first-order chi connectivity index (χ1) is 9.08. The Morgan fingerprint density at radius 3 is 2.95 bits per heavy atom. The van der Waals surface area contributed by atoms with Crippen LogP contribution in [0.5, 0.6) is 5.75 Å². The standard InChI is InChI=1S/C14H17NO4/c1-10-4-2-5-11(8-10)19-9-13(16)15-7-3-6-12(15)14(17)18/h2,4-5,8,12H,3,6-7,9H2,1H3,(H,17,18). The van der Waals surface area contributed by atoms with Crippen molar-refractivity contribution in [1.82, 2.24) is 4.90 Å². The number of aliphatic carboxylic acids is 1. The zero-order chi connectivity index (χ0) is 13.8. The highest BCUT2D eigenvalue weighted by atomic mass is 16.5. The number of ether oxygens (including phenoxy) is 1. The Kier molecular flexibility index (Phi) is 4.04. The summed E-state index contributed by atoms with van der Waals surface area (Å²) in [4.78, 5) is 24.3. The van der Waals surface area contributed by atoms with Gasteiger partial charge in [-0.1, -0.05) is 12.1 Å². The molecule has 0 aromatic heterocycles. The first-order valence-electron chi connectivity index (χ1n) is 6.29. The predicted octanol–water partition coefficient (Wildman–Crippen LogP) is 1.45. The Bertz CT molecular complexity index is 486. The summed E-state index contributed by atoms with van der Waals surface area (Å²) in [5.41, 5.74) is 1.05. The van der Waals surface area contributed by atoms with Crippen molar-refractivity contribution in [3.8, 4) is 5.75 Å². The van der Waals surface area contributed by atoms with Crippen molar-refractivity contribution in [3.63, 3.8) is 0 Å². The lowest BCUT2D eigenvalue weighted by Gasteiger charge is -2.21. The van der Waals surface area contributed by atoms with E-state index in [2.05, 4.69) is 0 Å². The van der Waals surface area contributed by atoms with E-state index in [1.54, 1.807) is 6.07 Å². The molecule has 1 amide bonds. The third-order valence-corrected chi connectivity index (χ3v) is 3.21. The number of rotatable bonds is 4. The van der Waals surface area contributed by atoms with E-state index >= 15 is 0 Å². The van der Waals surface area contributed by atoms with Crippen molar-refractivity contribution in [2.45, 2.75) is 25.8 Å². The Balaban J connectivity index is 1.92. The van der Waals surface area contributed by atoms with Gasteiger partial charge in [0.15, 0.2) is 6.61 Å². The van der Waals surface area contributed by atoms with Crippen molar-refractivity contribution >= 4 is 11.9 Å². The van der Waals surface area contributed by atoms with E-state index < -0.39 is 12.0 Å². The van der Waals surface area contributed by atoms with Crippen molar-refractivity contribution in [2.75, 3.05) is 13.2 Å². The number of carbonyl (C=O) groups is 2. The molecule has 5 nitrogen and oxygen atoms in total. The van der Waals surface area contributed by atoms with Crippen LogP contribution in [0.4, 0.5) is 0 Å². The topological polar surface area (TPSA) is 66.8 Å². The highest BCUT2D eigenvalue weighted by molar-refractivity contribution is 5.85. The fourth-order valence-electron chi connectivity index (χ4n) is 2.26. The number of nitrogens with zero attached hydrogens (tertiary/aromatic N) is 1. The molecule has 0 saturated carbocycles. The molecule has 5 heteroatoms. The second-order valence-electron chi connectivity index (χ2n) is 4.69. The molecular formula is C14H17NO4. The van der Waals surface area contributed by atoms with E-state index in [1.807, 2.05) is 25.1 Å². The van der Waals surface area contributed by atoms with Crippen molar-refractivity contribution in [3.05, 3.63) is 29.8 Å². The average molecular weight is 263 g/mol. The van der Waals surface area contributed by atoms with Crippen molar-refractivity contribution in [2.24, 2.45) is 0 Å². The number of carboxylic acids is 1. The molecule has 1 saturated heterocycles. The number of benzene rings is 1. The van der Waals surface area contributed by atoms with Crippen LogP contribution in [0.2, 0.25) is 0 Å². The highest BCUT2D eigenvalue weighted by Crippen LogP contribution is 2.18. The van der Waals surface area contributed by atoms with Crippen molar-refractivity contribution in [1.29, 1.82) is 0 Å². The van der Waals surface area contributed by atoms with E-state index in [9.17, 15) is 9.59 Å². The summed E-state index contributed by atoms with van der Waals surface area (Å²) < 4.78 is 5.40. The molecule has 1 fully saturated rings. The largest absolute Gasteiger partial charge is 0.484 e. The maximum absolute atomic E-state index is 12.0. The van der Waals surface area contributed by atoms with Crippen molar-refractivity contribution < 1.29 is 19.4 Å². The molecule has 1 aromatic carbocycles. The van der Waals surface area contributed by atoms with Crippen LogP contribution < -0.4 is 4.74 Å². The second kappa shape index (κ2) is 5.73. The number of hydrogen-bond donors (Lipinski definition) is 1. The van der Waals surface area contributed by atoms with Gasteiger partial charge < -0.3 is 14.7 Å². The number of amides is 1. The van der Waals surface area contributed by atoms with Gasteiger partial charge in [-0.25, -0.2) is 4.79 Å². The molecule has 0 spiro atoms. The molecule has 1 heterocycles. The van der Waals surface area contributed by atoms with Crippen LogP contribution in [-0.4, -0.2) is 41.1 Å². The monoisotopic (exact) mass is 263 g/mol. The SMILES string of the molecule is Cc1cccc(OCC(=O)N2CCCC2C(=O)O)c1. The Morgan fingerprint density at radius 2 is 2.26 bits per heavy atom. The summed E-state index contributed by atoms with van der Waals surface area (Å²) >= 11 is 0. The average Bonchev–Trinajstić information content (AvgIpc) is 2.85. The van der Waals surface area contributed by atoms with Gasteiger partial charge in [0.05, 0.1) is 0 Å². The number of likely N-dealkylation sites (tertiary alicyclic amines) is 1.